The fourth-order valence-electron chi connectivity index (χ4n) is 1.23. The fraction of sp³-hybridized carbons (Fsp3) is 0.500. The lowest BCUT2D eigenvalue weighted by Gasteiger charge is -2.18. The van der Waals surface area contributed by atoms with Gasteiger partial charge in [0.25, 0.3) is 0 Å². The third-order valence-corrected chi connectivity index (χ3v) is 1.83. The van der Waals surface area contributed by atoms with Crippen molar-refractivity contribution in [2.45, 2.75) is 32.9 Å². The van der Waals surface area contributed by atoms with E-state index in [0.29, 0.717) is 13.2 Å². The molecule has 0 atom stereocenters. The highest BCUT2D eigenvalue weighted by atomic mass is 16.5. The molecule has 1 rings (SSSR count). The van der Waals surface area contributed by atoms with Crippen LogP contribution in [-0.2, 0) is 11.3 Å². The van der Waals surface area contributed by atoms with E-state index in [4.69, 9.17) is 10.5 Å². The van der Waals surface area contributed by atoms with Crippen LogP contribution in [0, 0.1) is 6.92 Å². The number of aryl methyl sites for hydroxylation is 1. The van der Waals surface area contributed by atoms with Gasteiger partial charge in [-0.1, -0.05) is 29.8 Å². The molecule has 0 saturated carbocycles. The lowest BCUT2D eigenvalue weighted by Crippen LogP contribution is -2.37. The average molecular weight is 193 g/mol. The van der Waals surface area contributed by atoms with Crippen molar-refractivity contribution in [2.75, 3.05) is 6.61 Å². The first-order valence-electron chi connectivity index (χ1n) is 4.89. The van der Waals surface area contributed by atoms with Crippen LogP contribution in [0.2, 0.25) is 0 Å². The molecule has 0 aliphatic carbocycles. The van der Waals surface area contributed by atoms with Crippen molar-refractivity contribution in [1.29, 1.82) is 0 Å². The minimum absolute atomic E-state index is 0.246. The topological polar surface area (TPSA) is 35.2 Å². The smallest absolute Gasteiger partial charge is 0.0717 e. The minimum atomic E-state index is -0.246. The fourth-order valence-corrected chi connectivity index (χ4v) is 1.23. The molecule has 0 radical (unpaired) electrons. The van der Waals surface area contributed by atoms with Crippen LogP contribution < -0.4 is 5.73 Å². The van der Waals surface area contributed by atoms with Crippen molar-refractivity contribution >= 4 is 0 Å². The molecule has 0 unspecified atom stereocenters. The van der Waals surface area contributed by atoms with Crippen LogP contribution in [-0.4, -0.2) is 12.1 Å². The van der Waals surface area contributed by atoms with E-state index in [1.54, 1.807) is 0 Å². The number of hydrogen-bond donors (Lipinski definition) is 1. The quantitative estimate of drug-likeness (QED) is 0.796. The number of rotatable bonds is 4. The second kappa shape index (κ2) is 4.58. The average Bonchev–Trinajstić information content (AvgIpc) is 2.01. The maximum Gasteiger partial charge on any atom is 0.0717 e. The number of ether oxygens (including phenoxy) is 1. The van der Waals surface area contributed by atoms with Gasteiger partial charge in [-0.25, -0.2) is 0 Å². The standard InChI is InChI=1S/C12H19NO/c1-10-5-4-6-11(7-10)8-14-9-12(2,3)13/h4-7H,8-9,13H2,1-3H3. The maximum absolute atomic E-state index is 5.80. The van der Waals surface area contributed by atoms with Crippen LogP contribution in [0.5, 0.6) is 0 Å². The predicted molar refractivity (Wildman–Crippen MR) is 59.1 cm³/mol. The maximum atomic E-state index is 5.80. The van der Waals surface area contributed by atoms with Gasteiger partial charge in [0.05, 0.1) is 13.2 Å². The molecule has 0 spiro atoms. The number of benzene rings is 1. The van der Waals surface area contributed by atoms with Gasteiger partial charge in [-0.3, -0.25) is 0 Å². The van der Waals surface area contributed by atoms with Crippen molar-refractivity contribution in [3.05, 3.63) is 35.4 Å². The summed E-state index contributed by atoms with van der Waals surface area (Å²) in [5.41, 5.74) is 8.02. The Morgan fingerprint density at radius 3 is 2.64 bits per heavy atom. The van der Waals surface area contributed by atoms with Gasteiger partial charge in [0.15, 0.2) is 0 Å². The molecule has 0 saturated heterocycles. The SMILES string of the molecule is Cc1cccc(COCC(C)(C)N)c1. The first-order valence-corrected chi connectivity index (χ1v) is 4.89. The van der Waals surface area contributed by atoms with E-state index in [1.807, 2.05) is 19.9 Å². The molecular weight excluding hydrogens is 174 g/mol. The second-order valence-electron chi connectivity index (χ2n) is 4.47. The van der Waals surface area contributed by atoms with Crippen molar-refractivity contribution in [1.82, 2.24) is 0 Å². The van der Waals surface area contributed by atoms with E-state index in [2.05, 4.69) is 25.1 Å². The zero-order chi connectivity index (χ0) is 10.6. The Morgan fingerprint density at radius 1 is 1.36 bits per heavy atom. The monoisotopic (exact) mass is 193 g/mol. The van der Waals surface area contributed by atoms with Gasteiger partial charge in [-0.05, 0) is 26.3 Å². The predicted octanol–water partition coefficient (Wildman–Crippen LogP) is 2.25. The molecule has 2 nitrogen and oxygen atoms in total. The minimum Gasteiger partial charge on any atom is -0.375 e. The highest BCUT2D eigenvalue weighted by molar-refractivity contribution is 5.21. The van der Waals surface area contributed by atoms with Crippen LogP contribution in [0.15, 0.2) is 24.3 Å². The van der Waals surface area contributed by atoms with Crippen LogP contribution in [0.1, 0.15) is 25.0 Å². The molecule has 0 amide bonds. The second-order valence-corrected chi connectivity index (χ2v) is 4.47. The Bertz CT molecular complexity index is 289. The Labute approximate surface area is 86.1 Å². The van der Waals surface area contributed by atoms with Gasteiger partial charge < -0.3 is 10.5 Å². The van der Waals surface area contributed by atoms with Gasteiger partial charge in [0, 0.05) is 5.54 Å². The molecule has 2 heteroatoms. The summed E-state index contributed by atoms with van der Waals surface area (Å²) >= 11 is 0. The van der Waals surface area contributed by atoms with Crippen molar-refractivity contribution in [3.8, 4) is 0 Å². The summed E-state index contributed by atoms with van der Waals surface area (Å²) in [5, 5.41) is 0. The van der Waals surface area contributed by atoms with E-state index >= 15 is 0 Å². The molecule has 0 fully saturated rings. The number of hydrogen-bond acceptors (Lipinski definition) is 2. The summed E-state index contributed by atoms with van der Waals surface area (Å²) in [7, 11) is 0. The summed E-state index contributed by atoms with van der Waals surface area (Å²) in [4.78, 5) is 0. The summed E-state index contributed by atoms with van der Waals surface area (Å²) in [5.74, 6) is 0. The normalized spacial score (nSPS) is 11.7. The Kier molecular flexibility index (Phi) is 3.67. The third kappa shape index (κ3) is 4.40. The molecule has 0 aliphatic heterocycles. The van der Waals surface area contributed by atoms with Crippen molar-refractivity contribution in [3.63, 3.8) is 0 Å². The van der Waals surface area contributed by atoms with Crippen LogP contribution in [0.25, 0.3) is 0 Å². The molecule has 2 N–H and O–H groups in total. The van der Waals surface area contributed by atoms with E-state index in [1.165, 1.54) is 11.1 Å². The molecular formula is C12H19NO. The highest BCUT2D eigenvalue weighted by Gasteiger charge is 2.09. The molecule has 0 aromatic heterocycles. The lowest BCUT2D eigenvalue weighted by molar-refractivity contribution is 0.0851. The largest absolute Gasteiger partial charge is 0.375 e. The van der Waals surface area contributed by atoms with Crippen LogP contribution in [0.3, 0.4) is 0 Å². The third-order valence-electron chi connectivity index (χ3n) is 1.83. The zero-order valence-electron chi connectivity index (χ0n) is 9.21. The Hall–Kier alpha value is -0.860. The van der Waals surface area contributed by atoms with E-state index in [9.17, 15) is 0 Å². The van der Waals surface area contributed by atoms with Crippen LogP contribution >= 0.6 is 0 Å². The van der Waals surface area contributed by atoms with E-state index in [-0.39, 0.29) is 5.54 Å². The van der Waals surface area contributed by atoms with E-state index < -0.39 is 0 Å². The van der Waals surface area contributed by atoms with Gasteiger partial charge in [0.2, 0.25) is 0 Å². The Balaban J connectivity index is 2.39. The first-order chi connectivity index (χ1) is 6.47. The molecule has 0 heterocycles. The van der Waals surface area contributed by atoms with Gasteiger partial charge >= 0.3 is 0 Å². The van der Waals surface area contributed by atoms with Gasteiger partial charge in [0.1, 0.15) is 0 Å². The Morgan fingerprint density at radius 2 is 2.07 bits per heavy atom. The molecule has 14 heavy (non-hydrogen) atoms. The van der Waals surface area contributed by atoms with Crippen molar-refractivity contribution < 1.29 is 4.74 Å². The van der Waals surface area contributed by atoms with Gasteiger partial charge in [-0.15, -0.1) is 0 Å². The summed E-state index contributed by atoms with van der Waals surface area (Å²) in [6.45, 7) is 7.23. The van der Waals surface area contributed by atoms with Crippen LogP contribution in [0.4, 0.5) is 0 Å². The molecule has 78 valence electrons. The number of nitrogens with two attached hydrogens (primary N) is 1. The van der Waals surface area contributed by atoms with Crippen molar-refractivity contribution in [2.24, 2.45) is 5.73 Å². The zero-order valence-corrected chi connectivity index (χ0v) is 9.21. The van der Waals surface area contributed by atoms with Gasteiger partial charge in [-0.2, -0.15) is 0 Å². The summed E-state index contributed by atoms with van der Waals surface area (Å²) < 4.78 is 5.51. The lowest BCUT2D eigenvalue weighted by atomic mass is 10.1. The molecule has 0 bridgehead atoms. The molecule has 1 aromatic rings. The summed E-state index contributed by atoms with van der Waals surface area (Å²) in [6, 6.07) is 8.32. The summed E-state index contributed by atoms with van der Waals surface area (Å²) in [6.07, 6.45) is 0. The van der Waals surface area contributed by atoms with E-state index in [0.717, 1.165) is 0 Å². The molecule has 0 aliphatic rings. The first kappa shape index (κ1) is 11.2. The highest BCUT2D eigenvalue weighted by Crippen LogP contribution is 2.06. The molecule has 1 aromatic carbocycles.